The Kier molecular flexibility index (Phi) is 5.93. The molecule has 2 rings (SSSR count). The summed E-state index contributed by atoms with van der Waals surface area (Å²) in [4.78, 5) is 11.3. The maximum Gasteiger partial charge on any atom is 0.307 e. The first-order valence-corrected chi connectivity index (χ1v) is 7.98. The molecule has 0 saturated carbocycles. The van der Waals surface area contributed by atoms with Gasteiger partial charge in [0.05, 0.1) is 11.6 Å². The summed E-state index contributed by atoms with van der Waals surface area (Å²) in [5, 5.41) is 17.1. The lowest BCUT2D eigenvalue weighted by Crippen LogP contribution is -2.29. The van der Waals surface area contributed by atoms with Gasteiger partial charge in [-0.05, 0) is 12.3 Å². The monoisotopic (exact) mass is 315 g/mol. The smallest absolute Gasteiger partial charge is 0.307 e. The van der Waals surface area contributed by atoms with Crippen LogP contribution >= 0.6 is 0 Å². The lowest BCUT2D eigenvalue weighted by atomic mass is 9.97. The van der Waals surface area contributed by atoms with E-state index in [0.717, 1.165) is 16.8 Å². The number of nitrogens with zero attached hydrogens (tertiary/aromatic N) is 2. The zero-order valence-corrected chi connectivity index (χ0v) is 14.0. The Hall–Kier alpha value is -2.14. The molecule has 2 aromatic rings. The van der Waals surface area contributed by atoms with Gasteiger partial charge in [-0.25, -0.2) is 0 Å². The summed E-state index contributed by atoms with van der Waals surface area (Å²) >= 11 is 0. The lowest BCUT2D eigenvalue weighted by molar-refractivity contribution is -0.142. The quantitative estimate of drug-likeness (QED) is 0.786. The van der Waals surface area contributed by atoms with Crippen LogP contribution in [-0.2, 0) is 18.4 Å². The topological polar surface area (TPSA) is 67.2 Å². The zero-order chi connectivity index (χ0) is 16.8. The van der Waals surface area contributed by atoms with Crippen molar-refractivity contribution in [2.75, 3.05) is 6.54 Å². The summed E-state index contributed by atoms with van der Waals surface area (Å²) in [6, 6.07) is 10.0. The molecule has 124 valence electrons. The summed E-state index contributed by atoms with van der Waals surface area (Å²) < 4.78 is 1.79. The highest BCUT2D eigenvalue weighted by Crippen LogP contribution is 2.21. The minimum absolute atomic E-state index is 0.355. The van der Waals surface area contributed by atoms with E-state index in [1.54, 1.807) is 4.68 Å². The van der Waals surface area contributed by atoms with Gasteiger partial charge >= 0.3 is 5.97 Å². The molecule has 0 amide bonds. The molecular formula is C18H25N3O2. The van der Waals surface area contributed by atoms with E-state index in [0.29, 0.717) is 25.4 Å². The van der Waals surface area contributed by atoms with Crippen molar-refractivity contribution in [3.63, 3.8) is 0 Å². The number of benzene rings is 1. The summed E-state index contributed by atoms with van der Waals surface area (Å²) in [7, 11) is 1.90. The zero-order valence-electron chi connectivity index (χ0n) is 14.0. The third-order valence-electron chi connectivity index (χ3n) is 3.76. The van der Waals surface area contributed by atoms with Crippen LogP contribution in [0.1, 0.15) is 25.8 Å². The van der Waals surface area contributed by atoms with Gasteiger partial charge in [-0.15, -0.1) is 0 Å². The van der Waals surface area contributed by atoms with Crippen LogP contribution in [-0.4, -0.2) is 27.4 Å². The number of carbonyl (C=O) groups is 1. The van der Waals surface area contributed by atoms with Gasteiger partial charge in [-0.2, -0.15) is 5.10 Å². The molecule has 5 nitrogen and oxygen atoms in total. The second-order valence-electron chi connectivity index (χ2n) is 6.34. The molecule has 0 saturated heterocycles. The summed E-state index contributed by atoms with van der Waals surface area (Å²) in [6.07, 6.45) is 2.66. The van der Waals surface area contributed by atoms with Crippen LogP contribution < -0.4 is 5.32 Å². The van der Waals surface area contributed by atoms with Gasteiger partial charge in [0.1, 0.15) is 0 Å². The molecule has 0 aliphatic carbocycles. The number of rotatable bonds is 8. The second kappa shape index (κ2) is 7.92. The Morgan fingerprint density at radius 1 is 1.30 bits per heavy atom. The van der Waals surface area contributed by atoms with Crippen molar-refractivity contribution in [1.29, 1.82) is 0 Å². The first-order valence-electron chi connectivity index (χ1n) is 7.98. The highest BCUT2D eigenvalue weighted by molar-refractivity contribution is 5.70. The largest absolute Gasteiger partial charge is 0.481 e. The Morgan fingerprint density at radius 2 is 2.00 bits per heavy atom. The van der Waals surface area contributed by atoms with Gasteiger partial charge < -0.3 is 10.4 Å². The van der Waals surface area contributed by atoms with Gasteiger partial charge in [0, 0.05) is 37.5 Å². The molecule has 0 radical (unpaired) electrons. The van der Waals surface area contributed by atoms with Crippen LogP contribution in [0.15, 0.2) is 36.5 Å². The lowest BCUT2D eigenvalue weighted by Gasteiger charge is -2.15. The first kappa shape index (κ1) is 17.2. The Morgan fingerprint density at radius 3 is 2.61 bits per heavy atom. The van der Waals surface area contributed by atoms with Crippen LogP contribution in [0.2, 0.25) is 0 Å². The second-order valence-corrected chi connectivity index (χ2v) is 6.34. The highest BCUT2D eigenvalue weighted by Gasteiger charge is 2.19. The Labute approximate surface area is 137 Å². The molecule has 0 fully saturated rings. The van der Waals surface area contributed by atoms with Crippen molar-refractivity contribution in [2.24, 2.45) is 18.9 Å². The van der Waals surface area contributed by atoms with Crippen molar-refractivity contribution >= 4 is 5.97 Å². The normalized spacial score (nSPS) is 12.5. The fourth-order valence-electron chi connectivity index (χ4n) is 2.73. The molecule has 2 N–H and O–H groups in total. The van der Waals surface area contributed by atoms with Gasteiger partial charge in [0.25, 0.3) is 0 Å². The van der Waals surface area contributed by atoms with E-state index in [4.69, 9.17) is 0 Å². The predicted molar refractivity (Wildman–Crippen MR) is 90.9 cm³/mol. The average Bonchev–Trinajstić information content (AvgIpc) is 2.87. The van der Waals surface area contributed by atoms with Crippen LogP contribution in [0.5, 0.6) is 0 Å². The third-order valence-corrected chi connectivity index (χ3v) is 3.76. The highest BCUT2D eigenvalue weighted by atomic mass is 16.4. The maximum absolute atomic E-state index is 11.3. The van der Waals surface area contributed by atoms with E-state index >= 15 is 0 Å². The number of hydrogen-bond acceptors (Lipinski definition) is 3. The molecule has 1 aromatic heterocycles. The molecule has 0 bridgehead atoms. The Bertz CT molecular complexity index is 635. The van der Waals surface area contributed by atoms with Crippen LogP contribution in [0.25, 0.3) is 11.3 Å². The molecule has 0 aliphatic heterocycles. The predicted octanol–water partition coefficient (Wildman–Crippen LogP) is 2.92. The molecule has 0 aliphatic rings. The summed E-state index contributed by atoms with van der Waals surface area (Å²) in [5.74, 6) is -0.719. The third kappa shape index (κ3) is 4.93. The van der Waals surface area contributed by atoms with Crippen molar-refractivity contribution in [3.8, 4) is 11.3 Å². The van der Waals surface area contributed by atoms with E-state index in [2.05, 4.69) is 10.4 Å². The fraction of sp³-hybridized carbons (Fsp3) is 0.444. The number of aromatic nitrogens is 2. The first-order chi connectivity index (χ1) is 11.0. The number of aryl methyl sites for hydroxylation is 1. The molecule has 5 heteroatoms. The molecule has 1 unspecified atom stereocenters. The van der Waals surface area contributed by atoms with Gasteiger partial charge in [-0.1, -0.05) is 44.2 Å². The minimum Gasteiger partial charge on any atom is -0.481 e. The molecule has 1 heterocycles. The van der Waals surface area contributed by atoms with E-state index in [1.807, 2.05) is 57.4 Å². The van der Waals surface area contributed by atoms with Gasteiger partial charge in [-0.3, -0.25) is 9.48 Å². The molecule has 1 atom stereocenters. The number of aliphatic carboxylic acids is 1. The SMILES string of the molecule is CC(C)CC(CNCc1cn(C)nc1-c1ccccc1)C(=O)O. The molecule has 1 aromatic carbocycles. The summed E-state index contributed by atoms with van der Waals surface area (Å²) in [5.41, 5.74) is 3.09. The number of carboxylic acid groups (broad SMARTS) is 1. The van der Waals surface area contributed by atoms with Crippen LogP contribution in [0.3, 0.4) is 0 Å². The maximum atomic E-state index is 11.3. The van der Waals surface area contributed by atoms with Crippen molar-refractivity contribution in [1.82, 2.24) is 15.1 Å². The van der Waals surface area contributed by atoms with Crippen molar-refractivity contribution < 1.29 is 9.90 Å². The van der Waals surface area contributed by atoms with E-state index < -0.39 is 5.97 Å². The molecular weight excluding hydrogens is 290 g/mol. The Balaban J connectivity index is 2.02. The van der Waals surface area contributed by atoms with E-state index in [1.165, 1.54) is 0 Å². The summed E-state index contributed by atoms with van der Waals surface area (Å²) in [6.45, 7) is 5.17. The van der Waals surface area contributed by atoms with Crippen molar-refractivity contribution in [2.45, 2.75) is 26.8 Å². The number of hydrogen-bond donors (Lipinski definition) is 2. The number of carboxylic acids is 1. The van der Waals surface area contributed by atoms with E-state index in [9.17, 15) is 9.90 Å². The number of nitrogens with one attached hydrogen (secondary N) is 1. The van der Waals surface area contributed by atoms with Crippen molar-refractivity contribution in [3.05, 3.63) is 42.1 Å². The molecule has 23 heavy (non-hydrogen) atoms. The van der Waals surface area contributed by atoms with E-state index in [-0.39, 0.29) is 5.92 Å². The fourth-order valence-corrected chi connectivity index (χ4v) is 2.73. The minimum atomic E-state index is -0.735. The average molecular weight is 315 g/mol. The van der Waals surface area contributed by atoms with Gasteiger partial charge in [0.2, 0.25) is 0 Å². The molecule has 0 spiro atoms. The standard InChI is InChI=1S/C18H25N3O2/c1-13(2)9-15(18(22)23)10-19-11-16-12-21(3)20-17(16)14-7-5-4-6-8-14/h4-8,12-13,15,19H,9-11H2,1-3H3,(H,22,23). The van der Waals surface area contributed by atoms with Crippen LogP contribution in [0.4, 0.5) is 0 Å². The van der Waals surface area contributed by atoms with Crippen LogP contribution in [0, 0.1) is 11.8 Å². The van der Waals surface area contributed by atoms with Gasteiger partial charge in [0.15, 0.2) is 0 Å².